The monoisotopic (exact) mass is 209 g/mol. The summed E-state index contributed by atoms with van der Waals surface area (Å²) in [7, 11) is 0. The van der Waals surface area contributed by atoms with Crippen LogP contribution in [0.2, 0.25) is 5.02 Å². The molecular weight excluding hydrogens is 198 g/mol. The van der Waals surface area contributed by atoms with Crippen molar-refractivity contribution < 1.29 is 0 Å². The molecule has 2 rings (SSSR count). The SMILES string of the molecule is Cc1nc2c(Cl)cccn2c1C(C)N. The van der Waals surface area contributed by atoms with Crippen LogP contribution in [-0.2, 0) is 0 Å². The van der Waals surface area contributed by atoms with Gasteiger partial charge in [-0.3, -0.25) is 0 Å². The summed E-state index contributed by atoms with van der Waals surface area (Å²) in [6.45, 7) is 3.89. The average molecular weight is 210 g/mol. The van der Waals surface area contributed by atoms with E-state index in [1.54, 1.807) is 0 Å². The molecule has 0 radical (unpaired) electrons. The number of fused-ring (bicyclic) bond motifs is 1. The molecule has 0 aromatic carbocycles. The van der Waals surface area contributed by atoms with Gasteiger partial charge >= 0.3 is 0 Å². The van der Waals surface area contributed by atoms with Gasteiger partial charge in [-0.25, -0.2) is 4.98 Å². The number of hydrogen-bond acceptors (Lipinski definition) is 2. The molecule has 2 N–H and O–H groups in total. The zero-order valence-corrected chi connectivity index (χ0v) is 8.92. The third kappa shape index (κ3) is 1.29. The van der Waals surface area contributed by atoms with Gasteiger partial charge in [-0.15, -0.1) is 0 Å². The highest BCUT2D eigenvalue weighted by Crippen LogP contribution is 2.22. The van der Waals surface area contributed by atoms with Gasteiger partial charge in [-0.05, 0) is 26.0 Å². The number of nitrogens with zero attached hydrogens (tertiary/aromatic N) is 2. The van der Waals surface area contributed by atoms with E-state index < -0.39 is 0 Å². The van der Waals surface area contributed by atoms with Crippen molar-refractivity contribution in [3.8, 4) is 0 Å². The van der Waals surface area contributed by atoms with Crippen molar-refractivity contribution >= 4 is 17.2 Å². The summed E-state index contributed by atoms with van der Waals surface area (Å²) < 4.78 is 1.95. The number of rotatable bonds is 1. The van der Waals surface area contributed by atoms with E-state index in [0.29, 0.717) is 5.02 Å². The molecule has 2 aromatic rings. The standard InChI is InChI=1S/C10H12ClN3/c1-6(12)9-7(2)13-10-8(11)4-3-5-14(9)10/h3-6H,12H2,1-2H3. The lowest BCUT2D eigenvalue weighted by molar-refractivity contribution is 0.761. The number of nitrogens with two attached hydrogens (primary N) is 1. The van der Waals surface area contributed by atoms with E-state index in [9.17, 15) is 0 Å². The molecule has 0 fully saturated rings. The normalized spacial score (nSPS) is 13.4. The van der Waals surface area contributed by atoms with Crippen molar-refractivity contribution in [1.82, 2.24) is 9.38 Å². The van der Waals surface area contributed by atoms with Gasteiger partial charge in [0, 0.05) is 12.2 Å². The second-order valence-corrected chi connectivity index (χ2v) is 3.83. The Labute approximate surface area is 87.5 Å². The Bertz CT molecular complexity index is 473. The van der Waals surface area contributed by atoms with Crippen molar-refractivity contribution in [1.29, 1.82) is 0 Å². The first-order valence-electron chi connectivity index (χ1n) is 4.50. The summed E-state index contributed by atoms with van der Waals surface area (Å²) in [5, 5.41) is 0.655. The minimum Gasteiger partial charge on any atom is -0.323 e. The van der Waals surface area contributed by atoms with E-state index in [4.69, 9.17) is 17.3 Å². The Balaban J connectivity index is 2.83. The van der Waals surface area contributed by atoms with Gasteiger partial charge < -0.3 is 10.1 Å². The van der Waals surface area contributed by atoms with Crippen LogP contribution in [0.3, 0.4) is 0 Å². The van der Waals surface area contributed by atoms with Crippen molar-refractivity contribution in [2.75, 3.05) is 0 Å². The number of aromatic nitrogens is 2. The first-order chi connectivity index (χ1) is 6.61. The Morgan fingerprint density at radius 3 is 2.93 bits per heavy atom. The molecule has 0 saturated carbocycles. The maximum Gasteiger partial charge on any atom is 0.156 e. The highest BCUT2D eigenvalue weighted by atomic mass is 35.5. The second-order valence-electron chi connectivity index (χ2n) is 3.42. The fourth-order valence-electron chi connectivity index (χ4n) is 1.71. The lowest BCUT2D eigenvalue weighted by atomic mass is 10.2. The number of pyridine rings is 1. The molecule has 4 heteroatoms. The number of halogens is 1. The van der Waals surface area contributed by atoms with E-state index in [2.05, 4.69) is 4.98 Å². The summed E-state index contributed by atoms with van der Waals surface area (Å²) in [4.78, 5) is 4.38. The molecule has 0 spiro atoms. The molecule has 0 amide bonds. The summed E-state index contributed by atoms with van der Waals surface area (Å²) in [6.07, 6.45) is 1.93. The molecule has 1 unspecified atom stereocenters. The van der Waals surface area contributed by atoms with E-state index in [-0.39, 0.29) is 6.04 Å². The average Bonchev–Trinajstić information content (AvgIpc) is 2.42. The van der Waals surface area contributed by atoms with Crippen LogP contribution in [0.15, 0.2) is 18.3 Å². The predicted octanol–water partition coefficient (Wildman–Crippen LogP) is 2.32. The lowest BCUT2D eigenvalue weighted by Gasteiger charge is -2.06. The van der Waals surface area contributed by atoms with Gasteiger partial charge in [0.05, 0.1) is 16.4 Å². The van der Waals surface area contributed by atoms with Crippen molar-refractivity contribution in [2.24, 2.45) is 5.73 Å². The summed E-state index contributed by atoms with van der Waals surface area (Å²) in [5.74, 6) is 0. The first-order valence-corrected chi connectivity index (χ1v) is 4.87. The highest BCUT2D eigenvalue weighted by molar-refractivity contribution is 6.33. The highest BCUT2D eigenvalue weighted by Gasteiger charge is 2.13. The topological polar surface area (TPSA) is 43.3 Å². The second kappa shape index (κ2) is 3.26. The summed E-state index contributed by atoms with van der Waals surface area (Å²) >= 11 is 6.02. The predicted molar refractivity (Wildman–Crippen MR) is 57.5 cm³/mol. The Morgan fingerprint density at radius 1 is 1.57 bits per heavy atom. The minimum absolute atomic E-state index is 0.0385. The fourth-order valence-corrected chi connectivity index (χ4v) is 1.92. The molecule has 1 atom stereocenters. The molecule has 0 bridgehead atoms. The lowest BCUT2D eigenvalue weighted by Crippen LogP contribution is -2.09. The summed E-state index contributed by atoms with van der Waals surface area (Å²) in [6, 6.07) is 3.68. The molecular formula is C10H12ClN3. The van der Waals surface area contributed by atoms with Crippen molar-refractivity contribution in [3.05, 3.63) is 34.7 Å². The van der Waals surface area contributed by atoms with Crippen LogP contribution >= 0.6 is 11.6 Å². The minimum atomic E-state index is -0.0385. The number of imidazole rings is 1. The van der Waals surface area contributed by atoms with Gasteiger partial charge in [0.2, 0.25) is 0 Å². The Hall–Kier alpha value is -1.06. The number of aryl methyl sites for hydroxylation is 1. The Morgan fingerprint density at radius 2 is 2.29 bits per heavy atom. The zero-order valence-electron chi connectivity index (χ0n) is 8.16. The van der Waals surface area contributed by atoms with E-state index in [1.165, 1.54) is 0 Å². The molecule has 0 aliphatic carbocycles. The van der Waals surface area contributed by atoms with Crippen LogP contribution in [0.25, 0.3) is 5.65 Å². The maximum atomic E-state index is 6.02. The van der Waals surface area contributed by atoms with Crippen LogP contribution < -0.4 is 5.73 Å². The molecule has 3 nitrogen and oxygen atoms in total. The fraction of sp³-hybridized carbons (Fsp3) is 0.300. The third-order valence-corrected chi connectivity index (χ3v) is 2.55. The van der Waals surface area contributed by atoms with Gasteiger partial charge in [0.1, 0.15) is 0 Å². The van der Waals surface area contributed by atoms with Gasteiger partial charge in [0.25, 0.3) is 0 Å². The van der Waals surface area contributed by atoms with Gasteiger partial charge in [-0.2, -0.15) is 0 Å². The Kier molecular flexibility index (Phi) is 2.21. The third-order valence-electron chi connectivity index (χ3n) is 2.25. The zero-order chi connectivity index (χ0) is 10.3. The summed E-state index contributed by atoms with van der Waals surface area (Å²) in [5.41, 5.74) is 8.60. The van der Waals surface area contributed by atoms with Crippen molar-refractivity contribution in [2.45, 2.75) is 19.9 Å². The van der Waals surface area contributed by atoms with Crippen LogP contribution in [0.1, 0.15) is 24.4 Å². The molecule has 2 aromatic heterocycles. The van der Waals surface area contributed by atoms with E-state index in [1.807, 2.05) is 36.6 Å². The van der Waals surface area contributed by atoms with E-state index in [0.717, 1.165) is 17.0 Å². The van der Waals surface area contributed by atoms with Crippen LogP contribution in [0.5, 0.6) is 0 Å². The number of hydrogen-bond donors (Lipinski definition) is 1. The smallest absolute Gasteiger partial charge is 0.156 e. The molecule has 74 valence electrons. The van der Waals surface area contributed by atoms with Crippen LogP contribution in [-0.4, -0.2) is 9.38 Å². The van der Waals surface area contributed by atoms with E-state index >= 15 is 0 Å². The van der Waals surface area contributed by atoms with Gasteiger partial charge in [-0.1, -0.05) is 11.6 Å². The van der Waals surface area contributed by atoms with Crippen LogP contribution in [0.4, 0.5) is 0 Å². The first kappa shape index (κ1) is 9.49. The molecule has 14 heavy (non-hydrogen) atoms. The van der Waals surface area contributed by atoms with Gasteiger partial charge in [0.15, 0.2) is 5.65 Å². The van der Waals surface area contributed by atoms with Crippen molar-refractivity contribution in [3.63, 3.8) is 0 Å². The van der Waals surface area contributed by atoms with Crippen LogP contribution in [0, 0.1) is 6.92 Å². The maximum absolute atomic E-state index is 6.02. The largest absolute Gasteiger partial charge is 0.323 e. The molecule has 0 aliphatic heterocycles. The molecule has 2 heterocycles. The quantitative estimate of drug-likeness (QED) is 0.784. The molecule has 0 aliphatic rings. The molecule has 0 saturated heterocycles.